The van der Waals surface area contributed by atoms with Crippen LogP contribution in [-0.2, 0) is 12.7 Å². The molecular formula is C17H11F3N4S. The Morgan fingerprint density at radius 2 is 1.84 bits per heavy atom. The monoisotopic (exact) mass is 360 g/mol. The van der Waals surface area contributed by atoms with E-state index in [0.29, 0.717) is 28.6 Å². The van der Waals surface area contributed by atoms with Crippen LogP contribution in [0.4, 0.5) is 19.0 Å². The summed E-state index contributed by atoms with van der Waals surface area (Å²) in [7, 11) is 0. The summed E-state index contributed by atoms with van der Waals surface area (Å²) in [5.74, 6) is 0.558. The Bertz CT molecular complexity index is 911. The molecule has 3 rings (SSSR count). The van der Waals surface area contributed by atoms with Crippen molar-refractivity contribution in [2.75, 3.05) is 5.32 Å². The van der Waals surface area contributed by atoms with E-state index in [1.807, 2.05) is 11.4 Å². The Morgan fingerprint density at radius 3 is 2.52 bits per heavy atom. The fraction of sp³-hybridized carbons (Fsp3) is 0.118. The molecular weight excluding hydrogens is 349 g/mol. The van der Waals surface area contributed by atoms with Gasteiger partial charge < -0.3 is 5.32 Å². The summed E-state index contributed by atoms with van der Waals surface area (Å²) in [5.41, 5.74) is 1.00. The molecule has 1 aromatic carbocycles. The van der Waals surface area contributed by atoms with E-state index in [4.69, 9.17) is 5.26 Å². The van der Waals surface area contributed by atoms with E-state index in [-0.39, 0.29) is 0 Å². The third-order valence-electron chi connectivity index (χ3n) is 3.33. The van der Waals surface area contributed by atoms with Crippen molar-refractivity contribution in [1.82, 2.24) is 9.97 Å². The number of alkyl halides is 3. The summed E-state index contributed by atoms with van der Waals surface area (Å²) < 4.78 is 37.8. The molecule has 3 aromatic rings. The summed E-state index contributed by atoms with van der Waals surface area (Å²) in [6.07, 6.45) is -4.35. The SMILES string of the molecule is N#Cc1cccc(NCc2csc(-c3ccc(C(F)(F)F)cc3)n2)n1. The highest BCUT2D eigenvalue weighted by atomic mass is 32.1. The Labute approximate surface area is 145 Å². The maximum Gasteiger partial charge on any atom is 0.416 e. The number of benzene rings is 1. The first kappa shape index (κ1) is 16.9. The standard InChI is InChI=1S/C17H11F3N4S/c18-17(19,20)12-6-4-11(5-7-12)16-24-14(10-25-16)9-22-15-3-1-2-13(8-21)23-15/h1-7,10H,9H2,(H,22,23). The molecule has 126 valence electrons. The van der Waals surface area contributed by atoms with Crippen LogP contribution in [-0.4, -0.2) is 9.97 Å². The maximum absolute atomic E-state index is 12.6. The van der Waals surface area contributed by atoms with Crippen molar-refractivity contribution in [3.63, 3.8) is 0 Å². The second-order valence-corrected chi connectivity index (χ2v) is 5.95. The number of aromatic nitrogens is 2. The van der Waals surface area contributed by atoms with Gasteiger partial charge in [0.2, 0.25) is 0 Å². The number of halogens is 3. The van der Waals surface area contributed by atoms with Crippen LogP contribution >= 0.6 is 11.3 Å². The van der Waals surface area contributed by atoms with Crippen LogP contribution in [0.25, 0.3) is 10.6 Å². The number of nitriles is 1. The predicted octanol–water partition coefficient (Wildman–Crippen LogP) is 4.71. The molecule has 0 atom stereocenters. The number of anilines is 1. The first-order chi connectivity index (χ1) is 12.0. The lowest BCUT2D eigenvalue weighted by Crippen LogP contribution is -2.04. The highest BCUT2D eigenvalue weighted by Gasteiger charge is 2.30. The molecule has 0 spiro atoms. The van der Waals surface area contributed by atoms with Gasteiger partial charge in [-0.1, -0.05) is 18.2 Å². The highest BCUT2D eigenvalue weighted by Crippen LogP contribution is 2.31. The van der Waals surface area contributed by atoms with E-state index >= 15 is 0 Å². The summed E-state index contributed by atoms with van der Waals surface area (Å²) in [5, 5.41) is 14.4. The minimum atomic E-state index is -4.35. The van der Waals surface area contributed by atoms with Crippen molar-refractivity contribution < 1.29 is 13.2 Å². The molecule has 0 aliphatic heterocycles. The topological polar surface area (TPSA) is 61.6 Å². The quantitative estimate of drug-likeness (QED) is 0.732. The lowest BCUT2D eigenvalue weighted by molar-refractivity contribution is -0.137. The highest BCUT2D eigenvalue weighted by molar-refractivity contribution is 7.13. The summed E-state index contributed by atoms with van der Waals surface area (Å²) >= 11 is 1.35. The normalized spacial score (nSPS) is 11.1. The van der Waals surface area contributed by atoms with Gasteiger partial charge in [0.25, 0.3) is 0 Å². The van der Waals surface area contributed by atoms with Crippen LogP contribution in [0.15, 0.2) is 47.8 Å². The van der Waals surface area contributed by atoms with Gasteiger partial charge in [0, 0.05) is 10.9 Å². The van der Waals surface area contributed by atoms with E-state index in [9.17, 15) is 13.2 Å². The smallest absolute Gasteiger partial charge is 0.364 e. The Balaban J connectivity index is 1.69. The Kier molecular flexibility index (Phi) is 4.67. The van der Waals surface area contributed by atoms with Crippen molar-refractivity contribution in [2.45, 2.75) is 12.7 Å². The number of pyridine rings is 1. The van der Waals surface area contributed by atoms with Gasteiger partial charge in [0.15, 0.2) is 0 Å². The van der Waals surface area contributed by atoms with Crippen LogP contribution in [0, 0.1) is 11.3 Å². The van der Waals surface area contributed by atoms with Crippen molar-refractivity contribution >= 4 is 17.2 Å². The molecule has 2 aromatic heterocycles. The van der Waals surface area contributed by atoms with Crippen molar-refractivity contribution in [3.05, 3.63) is 64.8 Å². The van der Waals surface area contributed by atoms with Gasteiger partial charge in [-0.2, -0.15) is 18.4 Å². The number of rotatable bonds is 4. The van der Waals surface area contributed by atoms with Crippen LogP contribution in [0.5, 0.6) is 0 Å². The number of thiazole rings is 1. The molecule has 0 radical (unpaired) electrons. The van der Waals surface area contributed by atoms with Crippen molar-refractivity contribution in [2.24, 2.45) is 0 Å². The van der Waals surface area contributed by atoms with E-state index in [0.717, 1.165) is 17.8 Å². The number of hydrogen-bond acceptors (Lipinski definition) is 5. The third-order valence-corrected chi connectivity index (χ3v) is 4.27. The van der Waals surface area contributed by atoms with E-state index < -0.39 is 11.7 Å². The molecule has 0 aliphatic rings. The number of hydrogen-bond donors (Lipinski definition) is 1. The molecule has 8 heteroatoms. The average Bonchev–Trinajstić information content (AvgIpc) is 3.08. The Morgan fingerprint density at radius 1 is 1.08 bits per heavy atom. The number of nitrogens with one attached hydrogen (secondary N) is 1. The fourth-order valence-corrected chi connectivity index (χ4v) is 2.92. The van der Waals surface area contributed by atoms with Gasteiger partial charge in [-0.05, 0) is 24.3 Å². The van der Waals surface area contributed by atoms with Gasteiger partial charge in [0.05, 0.1) is 17.8 Å². The predicted molar refractivity (Wildman–Crippen MR) is 88.8 cm³/mol. The van der Waals surface area contributed by atoms with Crippen LogP contribution in [0.2, 0.25) is 0 Å². The lowest BCUT2D eigenvalue weighted by Gasteiger charge is -2.06. The zero-order valence-corrected chi connectivity index (χ0v) is 13.5. The fourth-order valence-electron chi connectivity index (χ4n) is 2.10. The second kappa shape index (κ2) is 6.91. The van der Waals surface area contributed by atoms with Gasteiger partial charge in [-0.3, -0.25) is 0 Å². The van der Waals surface area contributed by atoms with E-state index in [2.05, 4.69) is 15.3 Å². The van der Waals surface area contributed by atoms with E-state index in [1.165, 1.54) is 23.5 Å². The second-order valence-electron chi connectivity index (χ2n) is 5.09. The molecule has 0 amide bonds. The molecule has 0 aliphatic carbocycles. The molecule has 0 fully saturated rings. The molecule has 0 unspecified atom stereocenters. The zero-order chi connectivity index (χ0) is 17.9. The average molecular weight is 360 g/mol. The van der Waals surface area contributed by atoms with Gasteiger partial charge in [-0.25, -0.2) is 9.97 Å². The molecule has 1 N–H and O–H groups in total. The van der Waals surface area contributed by atoms with Gasteiger partial charge >= 0.3 is 6.18 Å². The lowest BCUT2D eigenvalue weighted by atomic mass is 10.1. The van der Waals surface area contributed by atoms with Gasteiger partial charge in [-0.15, -0.1) is 11.3 Å². The van der Waals surface area contributed by atoms with Crippen molar-refractivity contribution in [1.29, 1.82) is 5.26 Å². The Hall–Kier alpha value is -2.92. The molecule has 0 bridgehead atoms. The molecule has 0 saturated carbocycles. The largest absolute Gasteiger partial charge is 0.416 e. The maximum atomic E-state index is 12.6. The summed E-state index contributed by atoms with van der Waals surface area (Å²) in [4.78, 5) is 8.51. The van der Waals surface area contributed by atoms with Crippen LogP contribution in [0.3, 0.4) is 0 Å². The van der Waals surface area contributed by atoms with Crippen molar-refractivity contribution in [3.8, 4) is 16.6 Å². The molecule has 25 heavy (non-hydrogen) atoms. The van der Waals surface area contributed by atoms with E-state index in [1.54, 1.807) is 18.2 Å². The van der Waals surface area contributed by atoms with Gasteiger partial charge in [0.1, 0.15) is 22.6 Å². The summed E-state index contributed by atoms with van der Waals surface area (Å²) in [6.45, 7) is 0.402. The number of nitrogens with zero attached hydrogens (tertiary/aromatic N) is 3. The first-order valence-electron chi connectivity index (χ1n) is 7.19. The first-order valence-corrected chi connectivity index (χ1v) is 8.07. The molecule has 4 nitrogen and oxygen atoms in total. The molecule has 0 saturated heterocycles. The zero-order valence-electron chi connectivity index (χ0n) is 12.7. The molecule has 2 heterocycles. The minimum Gasteiger partial charge on any atom is -0.364 e. The van der Waals surface area contributed by atoms with Crippen LogP contribution < -0.4 is 5.32 Å². The third kappa shape index (κ3) is 4.14. The summed E-state index contributed by atoms with van der Waals surface area (Å²) in [6, 6.07) is 12.0. The van der Waals surface area contributed by atoms with Crippen LogP contribution in [0.1, 0.15) is 17.0 Å². The minimum absolute atomic E-state index is 0.314.